The van der Waals surface area contributed by atoms with E-state index in [4.69, 9.17) is 5.26 Å². The second-order valence-electron chi connectivity index (χ2n) is 5.54. The van der Waals surface area contributed by atoms with Gasteiger partial charge in [0, 0.05) is 12.4 Å². The van der Waals surface area contributed by atoms with Crippen LogP contribution in [0.3, 0.4) is 0 Å². The Bertz CT molecular complexity index is 424. The Hall–Kier alpha value is -1.63. The molecule has 0 atom stereocenters. The minimum Gasteiger partial charge on any atom is -0.336 e. The Kier molecular flexibility index (Phi) is 3.81. The zero-order chi connectivity index (χ0) is 13.0. The van der Waals surface area contributed by atoms with Crippen molar-refractivity contribution in [2.45, 2.75) is 57.4 Å². The molecule has 0 radical (unpaired) electrons. The van der Waals surface area contributed by atoms with Crippen LogP contribution in [0.1, 0.15) is 57.4 Å². The van der Waals surface area contributed by atoms with Crippen LogP contribution in [-0.2, 0) is 0 Å². The summed E-state index contributed by atoms with van der Waals surface area (Å²) >= 11 is 0. The lowest BCUT2D eigenvalue weighted by molar-refractivity contribution is 0.442. The van der Waals surface area contributed by atoms with Crippen molar-refractivity contribution in [1.82, 2.24) is 9.97 Å². The van der Waals surface area contributed by atoms with Gasteiger partial charge in [-0.3, -0.25) is 0 Å². The lowest BCUT2D eigenvalue weighted by atomic mass is 9.85. The molecule has 0 unspecified atom stereocenters. The molecular formula is C14H20N4. The highest BCUT2D eigenvalue weighted by Crippen LogP contribution is 2.31. The fourth-order valence-electron chi connectivity index (χ4n) is 2.36. The van der Waals surface area contributed by atoms with Gasteiger partial charge in [-0.1, -0.05) is 19.3 Å². The third kappa shape index (κ3) is 3.19. The highest BCUT2D eigenvalue weighted by molar-refractivity contribution is 5.33. The van der Waals surface area contributed by atoms with Gasteiger partial charge in [-0.2, -0.15) is 5.26 Å². The topological polar surface area (TPSA) is 61.6 Å². The molecule has 96 valence electrons. The Balaban J connectivity index is 2.03. The lowest BCUT2D eigenvalue weighted by Crippen LogP contribution is -2.29. The van der Waals surface area contributed by atoms with Crippen LogP contribution in [0.25, 0.3) is 0 Å². The largest absolute Gasteiger partial charge is 0.336 e. The van der Waals surface area contributed by atoms with Crippen LogP contribution < -0.4 is 5.32 Å². The van der Waals surface area contributed by atoms with E-state index in [9.17, 15) is 0 Å². The average Bonchev–Trinajstić information content (AvgIpc) is 2.40. The first-order chi connectivity index (χ1) is 8.61. The average molecular weight is 244 g/mol. The van der Waals surface area contributed by atoms with Gasteiger partial charge in [0.05, 0.1) is 6.07 Å². The summed E-state index contributed by atoms with van der Waals surface area (Å²) in [5.41, 5.74) is 0.599. The van der Waals surface area contributed by atoms with E-state index in [1.54, 1.807) is 0 Å². The van der Waals surface area contributed by atoms with E-state index in [-0.39, 0.29) is 0 Å². The van der Waals surface area contributed by atoms with Crippen LogP contribution >= 0.6 is 0 Å². The van der Waals surface area contributed by atoms with Gasteiger partial charge >= 0.3 is 0 Å². The molecule has 0 amide bonds. The van der Waals surface area contributed by atoms with E-state index in [1.807, 2.05) is 26.2 Å². The predicted octanol–water partition coefficient (Wildman–Crippen LogP) is 3.24. The summed E-state index contributed by atoms with van der Waals surface area (Å²) in [4.78, 5) is 8.63. The fraction of sp³-hybridized carbons (Fsp3) is 0.643. The number of hydrogen-bond acceptors (Lipinski definition) is 4. The molecule has 0 saturated heterocycles. The maximum absolute atomic E-state index is 8.95. The molecule has 1 fully saturated rings. The van der Waals surface area contributed by atoms with Crippen LogP contribution in [0.4, 0.5) is 5.95 Å². The minimum atomic E-state index is -0.633. The summed E-state index contributed by atoms with van der Waals surface area (Å²) in [5.74, 6) is 1.15. The molecule has 4 nitrogen and oxygen atoms in total. The normalized spacial score (nSPS) is 17.2. The van der Waals surface area contributed by atoms with E-state index in [2.05, 4.69) is 21.4 Å². The predicted molar refractivity (Wildman–Crippen MR) is 71.2 cm³/mol. The summed E-state index contributed by atoms with van der Waals surface area (Å²) in [6, 6.07) is 2.18. The highest BCUT2D eigenvalue weighted by Gasteiger charge is 2.19. The first-order valence-electron chi connectivity index (χ1n) is 6.62. The van der Waals surface area contributed by atoms with Crippen molar-refractivity contribution in [3.05, 3.63) is 18.0 Å². The second kappa shape index (κ2) is 5.34. The smallest absolute Gasteiger partial charge is 0.223 e. The van der Waals surface area contributed by atoms with Gasteiger partial charge < -0.3 is 5.32 Å². The van der Waals surface area contributed by atoms with Crippen molar-refractivity contribution in [2.75, 3.05) is 5.32 Å². The van der Waals surface area contributed by atoms with Crippen molar-refractivity contribution >= 4 is 5.95 Å². The van der Waals surface area contributed by atoms with Crippen LogP contribution in [0.5, 0.6) is 0 Å². The highest BCUT2D eigenvalue weighted by atomic mass is 15.1. The monoisotopic (exact) mass is 244 g/mol. The van der Waals surface area contributed by atoms with E-state index in [0.717, 1.165) is 0 Å². The maximum atomic E-state index is 8.95. The van der Waals surface area contributed by atoms with Crippen LogP contribution in [0.2, 0.25) is 0 Å². The summed E-state index contributed by atoms with van der Waals surface area (Å²) in [6.45, 7) is 3.62. The molecule has 1 aromatic heterocycles. The second-order valence-corrected chi connectivity index (χ2v) is 5.54. The molecule has 18 heavy (non-hydrogen) atoms. The summed E-state index contributed by atoms with van der Waals surface area (Å²) in [5, 5.41) is 12.0. The first kappa shape index (κ1) is 12.8. The quantitative estimate of drug-likeness (QED) is 0.886. The van der Waals surface area contributed by atoms with Crippen LogP contribution in [0, 0.1) is 11.3 Å². The Morgan fingerprint density at radius 2 is 1.83 bits per heavy atom. The van der Waals surface area contributed by atoms with Gasteiger partial charge in [0.2, 0.25) is 5.95 Å². The molecule has 2 rings (SSSR count). The molecule has 1 aliphatic rings. The van der Waals surface area contributed by atoms with Crippen molar-refractivity contribution < 1.29 is 0 Å². The van der Waals surface area contributed by atoms with Gasteiger partial charge in [-0.15, -0.1) is 0 Å². The molecule has 1 aromatic rings. The summed E-state index contributed by atoms with van der Waals surface area (Å²) < 4.78 is 0. The van der Waals surface area contributed by atoms with Crippen molar-refractivity contribution in [2.24, 2.45) is 0 Å². The van der Waals surface area contributed by atoms with Gasteiger partial charge in [-0.05, 0) is 38.2 Å². The SMILES string of the molecule is CC(C)(C#N)Nc1ncc(C2CCCCC2)cn1. The van der Waals surface area contributed by atoms with E-state index < -0.39 is 5.54 Å². The van der Waals surface area contributed by atoms with E-state index >= 15 is 0 Å². The first-order valence-corrected chi connectivity index (χ1v) is 6.62. The van der Waals surface area contributed by atoms with E-state index in [1.165, 1.54) is 37.7 Å². The molecule has 0 aromatic carbocycles. The molecule has 1 heterocycles. The lowest BCUT2D eigenvalue weighted by Gasteiger charge is -2.22. The number of aromatic nitrogens is 2. The molecule has 4 heteroatoms. The number of nitrogens with zero attached hydrogens (tertiary/aromatic N) is 3. The molecule has 1 aliphatic carbocycles. The zero-order valence-corrected chi connectivity index (χ0v) is 11.1. The number of anilines is 1. The van der Waals surface area contributed by atoms with Crippen LogP contribution in [0.15, 0.2) is 12.4 Å². The number of hydrogen-bond donors (Lipinski definition) is 1. The summed E-state index contributed by atoms with van der Waals surface area (Å²) in [7, 11) is 0. The molecule has 0 bridgehead atoms. The molecule has 1 saturated carbocycles. The van der Waals surface area contributed by atoms with Crippen molar-refractivity contribution in [3.63, 3.8) is 0 Å². The van der Waals surface area contributed by atoms with Gasteiger partial charge in [0.25, 0.3) is 0 Å². The number of nitriles is 1. The zero-order valence-electron chi connectivity index (χ0n) is 11.1. The number of nitrogens with one attached hydrogen (secondary N) is 1. The van der Waals surface area contributed by atoms with E-state index in [0.29, 0.717) is 11.9 Å². The summed E-state index contributed by atoms with van der Waals surface area (Å²) in [6.07, 6.45) is 10.3. The van der Waals surface area contributed by atoms with Gasteiger partial charge in [0.15, 0.2) is 0 Å². The van der Waals surface area contributed by atoms with Gasteiger partial charge in [0.1, 0.15) is 5.54 Å². The molecular weight excluding hydrogens is 224 g/mol. The fourth-order valence-corrected chi connectivity index (χ4v) is 2.36. The molecule has 0 aliphatic heterocycles. The maximum Gasteiger partial charge on any atom is 0.223 e. The van der Waals surface area contributed by atoms with Crippen LogP contribution in [-0.4, -0.2) is 15.5 Å². The molecule has 1 N–H and O–H groups in total. The van der Waals surface area contributed by atoms with Crippen molar-refractivity contribution in [3.8, 4) is 6.07 Å². The van der Waals surface area contributed by atoms with Crippen molar-refractivity contribution in [1.29, 1.82) is 5.26 Å². The molecule has 0 spiro atoms. The standard InChI is InChI=1S/C14H20N4/c1-14(2,10-15)18-13-16-8-12(9-17-13)11-6-4-3-5-7-11/h8-9,11H,3-7H2,1-2H3,(H,16,17,18). The third-order valence-electron chi connectivity index (χ3n) is 3.45. The number of rotatable bonds is 3. The Morgan fingerprint density at radius 3 is 2.39 bits per heavy atom. The minimum absolute atomic E-state index is 0.529. The Morgan fingerprint density at radius 1 is 1.22 bits per heavy atom. The Labute approximate surface area is 108 Å². The van der Waals surface area contributed by atoms with Gasteiger partial charge in [-0.25, -0.2) is 9.97 Å². The third-order valence-corrected chi connectivity index (χ3v) is 3.45.